The molecule has 1 aliphatic heterocycles. The Bertz CT molecular complexity index is 3450. The summed E-state index contributed by atoms with van der Waals surface area (Å²) < 4.78 is 13.3. The van der Waals surface area contributed by atoms with Crippen LogP contribution >= 0.6 is 11.8 Å². The molecule has 5 heteroatoms. The van der Waals surface area contributed by atoms with Gasteiger partial charge in [-0.25, -0.2) is 4.98 Å². The van der Waals surface area contributed by atoms with E-state index < -0.39 is 5.41 Å². The first-order valence-electron chi connectivity index (χ1n) is 20.6. The lowest BCUT2D eigenvalue weighted by Gasteiger charge is -2.40. The molecule has 0 fully saturated rings. The summed E-state index contributed by atoms with van der Waals surface area (Å²) in [6.45, 7) is 0. The van der Waals surface area contributed by atoms with Crippen molar-refractivity contribution in [3.8, 4) is 33.7 Å². The fourth-order valence-electron chi connectivity index (χ4n) is 9.94. The van der Waals surface area contributed by atoms with Crippen LogP contribution in [0.3, 0.4) is 0 Å². The summed E-state index contributed by atoms with van der Waals surface area (Å²) in [6.07, 6.45) is 0. The van der Waals surface area contributed by atoms with Crippen LogP contribution in [0.15, 0.2) is 225 Å². The minimum Gasteiger partial charge on any atom is -0.454 e. The van der Waals surface area contributed by atoms with Gasteiger partial charge in [0.05, 0.1) is 11.1 Å². The first-order chi connectivity index (χ1) is 30.2. The Balaban J connectivity index is 1.08. The molecule has 61 heavy (non-hydrogen) atoms. The number of aromatic nitrogens is 1. The Morgan fingerprint density at radius 2 is 1.05 bits per heavy atom. The third-order valence-electron chi connectivity index (χ3n) is 12.6. The Kier molecular flexibility index (Phi) is 7.42. The maximum atomic E-state index is 6.87. The van der Waals surface area contributed by atoms with Crippen LogP contribution in [-0.2, 0) is 5.41 Å². The lowest BCUT2D eigenvalue weighted by atomic mass is 9.67. The SMILES string of the molecule is c1ccc(-c2ccc(N(c3ccc4c(c3)Sc3ccccc3C43c4ccccc4-c4ccccc43)c3cc(-c4nc5ccccc5o4)cc4c3oc3ccccc34)cc2)cc1. The van der Waals surface area contributed by atoms with Gasteiger partial charge < -0.3 is 13.7 Å². The van der Waals surface area contributed by atoms with Gasteiger partial charge in [0.15, 0.2) is 11.2 Å². The van der Waals surface area contributed by atoms with Crippen molar-refractivity contribution in [3.63, 3.8) is 0 Å². The van der Waals surface area contributed by atoms with E-state index in [4.69, 9.17) is 13.8 Å². The van der Waals surface area contributed by atoms with E-state index in [9.17, 15) is 0 Å². The summed E-state index contributed by atoms with van der Waals surface area (Å²) >= 11 is 1.85. The lowest BCUT2D eigenvalue weighted by Crippen LogP contribution is -2.32. The average molecular weight is 799 g/mol. The van der Waals surface area contributed by atoms with Crippen LogP contribution < -0.4 is 4.90 Å². The molecular weight excluding hydrogens is 765 g/mol. The number of para-hydroxylation sites is 3. The Labute approximate surface area is 356 Å². The van der Waals surface area contributed by atoms with Crippen molar-refractivity contribution < 1.29 is 8.83 Å². The topological polar surface area (TPSA) is 42.4 Å². The quantitative estimate of drug-likeness (QED) is 0.173. The highest BCUT2D eigenvalue weighted by atomic mass is 32.2. The summed E-state index contributed by atoms with van der Waals surface area (Å²) in [5, 5.41) is 2.03. The molecule has 1 aliphatic carbocycles. The van der Waals surface area contributed by atoms with Crippen molar-refractivity contribution in [3.05, 3.63) is 229 Å². The molecule has 1 spiro atoms. The fraction of sp³-hybridized carbons (Fsp3) is 0.0179. The molecule has 286 valence electrons. The largest absolute Gasteiger partial charge is 0.454 e. The molecule has 3 heterocycles. The van der Waals surface area contributed by atoms with E-state index in [2.05, 4.69) is 175 Å². The first-order valence-corrected chi connectivity index (χ1v) is 21.4. The Morgan fingerprint density at radius 3 is 1.84 bits per heavy atom. The van der Waals surface area contributed by atoms with Crippen LogP contribution in [0.5, 0.6) is 0 Å². The molecule has 2 aliphatic rings. The number of hydrogen-bond donors (Lipinski definition) is 0. The molecule has 11 aromatic rings. The van der Waals surface area contributed by atoms with Crippen LogP contribution in [0.2, 0.25) is 0 Å². The van der Waals surface area contributed by atoms with Gasteiger partial charge in [-0.3, -0.25) is 0 Å². The molecule has 0 N–H and O–H groups in total. The standard InChI is InChI=1S/C56H34N2O2S/c1-2-14-35(15-3-1)36-26-28-38(29-27-36)58(49-33-37(55-57-48-22-10-12-24-51(48)60-55)32-43-42-18-6-11-23-50(42)59-54(43)49)39-30-31-47-53(34-39)61-52-25-13-9-21-46(52)56(47)44-19-7-4-16-40(44)41-17-5-8-20-45(41)56/h1-34H. The van der Waals surface area contributed by atoms with Crippen LogP contribution in [0.25, 0.3) is 66.7 Å². The Morgan fingerprint density at radius 1 is 0.426 bits per heavy atom. The molecule has 4 nitrogen and oxygen atoms in total. The van der Waals surface area contributed by atoms with Crippen molar-refractivity contribution in [2.45, 2.75) is 15.2 Å². The maximum absolute atomic E-state index is 6.87. The van der Waals surface area contributed by atoms with Gasteiger partial charge in [0.2, 0.25) is 5.89 Å². The highest BCUT2D eigenvalue weighted by molar-refractivity contribution is 7.99. The minimum absolute atomic E-state index is 0.468. The first kappa shape index (κ1) is 34.3. The number of furan rings is 1. The number of fused-ring (bicyclic) bond motifs is 13. The highest BCUT2D eigenvalue weighted by Crippen LogP contribution is 2.62. The monoisotopic (exact) mass is 798 g/mol. The van der Waals surface area contributed by atoms with Gasteiger partial charge in [0.25, 0.3) is 0 Å². The van der Waals surface area contributed by atoms with E-state index in [1.165, 1.54) is 48.7 Å². The molecule has 0 saturated heterocycles. The fourth-order valence-corrected chi connectivity index (χ4v) is 11.2. The normalized spacial score (nSPS) is 13.3. The van der Waals surface area contributed by atoms with Gasteiger partial charge in [-0.1, -0.05) is 157 Å². The molecule has 0 bridgehead atoms. The number of nitrogens with zero attached hydrogens (tertiary/aromatic N) is 2. The molecule has 13 rings (SSSR count). The van der Waals surface area contributed by atoms with Crippen molar-refractivity contribution in [2.75, 3.05) is 4.90 Å². The predicted octanol–water partition coefficient (Wildman–Crippen LogP) is 15.4. The summed E-state index contributed by atoms with van der Waals surface area (Å²) in [5.41, 5.74) is 16.6. The lowest BCUT2D eigenvalue weighted by molar-refractivity contribution is 0.620. The summed E-state index contributed by atoms with van der Waals surface area (Å²) in [5.74, 6) is 0.562. The highest BCUT2D eigenvalue weighted by Gasteiger charge is 2.50. The summed E-state index contributed by atoms with van der Waals surface area (Å²) in [6, 6.07) is 73.9. The minimum atomic E-state index is -0.468. The van der Waals surface area contributed by atoms with Gasteiger partial charge in [-0.15, -0.1) is 0 Å². The second-order valence-electron chi connectivity index (χ2n) is 15.8. The summed E-state index contributed by atoms with van der Waals surface area (Å²) in [7, 11) is 0. The van der Waals surface area contributed by atoms with Crippen molar-refractivity contribution >= 4 is 61.9 Å². The van der Waals surface area contributed by atoms with Crippen LogP contribution in [0.4, 0.5) is 17.1 Å². The van der Waals surface area contributed by atoms with Gasteiger partial charge in [0.1, 0.15) is 11.1 Å². The van der Waals surface area contributed by atoms with Crippen molar-refractivity contribution in [1.29, 1.82) is 0 Å². The smallest absolute Gasteiger partial charge is 0.227 e. The zero-order chi connectivity index (χ0) is 40.1. The van der Waals surface area contributed by atoms with Gasteiger partial charge in [-0.2, -0.15) is 0 Å². The molecule has 0 saturated carbocycles. The third-order valence-corrected chi connectivity index (χ3v) is 13.7. The van der Waals surface area contributed by atoms with E-state index in [0.717, 1.165) is 61.2 Å². The zero-order valence-corrected chi connectivity index (χ0v) is 33.6. The van der Waals surface area contributed by atoms with E-state index >= 15 is 0 Å². The van der Waals surface area contributed by atoms with Crippen LogP contribution in [0.1, 0.15) is 22.3 Å². The summed E-state index contributed by atoms with van der Waals surface area (Å²) in [4.78, 5) is 9.80. The van der Waals surface area contributed by atoms with Gasteiger partial charge in [0, 0.05) is 37.5 Å². The van der Waals surface area contributed by atoms with E-state index in [0.29, 0.717) is 5.89 Å². The molecule has 0 unspecified atom stereocenters. The number of benzene rings is 9. The second kappa shape index (κ2) is 13.2. The van der Waals surface area contributed by atoms with Crippen LogP contribution in [0, 0.1) is 0 Å². The zero-order valence-electron chi connectivity index (χ0n) is 32.7. The third kappa shape index (κ3) is 5.05. The number of anilines is 3. The molecule has 0 atom stereocenters. The molecule has 0 amide bonds. The predicted molar refractivity (Wildman–Crippen MR) is 248 cm³/mol. The van der Waals surface area contributed by atoms with E-state index in [1.54, 1.807) is 0 Å². The maximum Gasteiger partial charge on any atom is 0.227 e. The molecule has 2 aromatic heterocycles. The molecule has 9 aromatic carbocycles. The number of oxazole rings is 1. The second-order valence-corrected chi connectivity index (χ2v) is 16.9. The number of rotatable bonds is 5. The average Bonchev–Trinajstić information content (AvgIpc) is 4.01. The van der Waals surface area contributed by atoms with E-state index in [1.807, 2.05) is 48.2 Å². The van der Waals surface area contributed by atoms with Gasteiger partial charge in [-0.05, 0) is 105 Å². The van der Waals surface area contributed by atoms with Gasteiger partial charge >= 0.3 is 0 Å². The number of hydrogen-bond acceptors (Lipinski definition) is 5. The molecular formula is C56H34N2O2S. The van der Waals surface area contributed by atoms with E-state index in [-0.39, 0.29) is 0 Å². The van der Waals surface area contributed by atoms with Crippen LogP contribution in [-0.4, -0.2) is 4.98 Å². The molecule has 0 radical (unpaired) electrons. The van der Waals surface area contributed by atoms with Crippen molar-refractivity contribution in [1.82, 2.24) is 4.98 Å². The van der Waals surface area contributed by atoms with Crippen molar-refractivity contribution in [2.24, 2.45) is 0 Å². The Hall–Kier alpha value is -7.60.